The zero-order chi connectivity index (χ0) is 13.8. The zero-order valence-corrected chi connectivity index (χ0v) is 12.1. The van der Waals surface area contributed by atoms with Gasteiger partial charge in [-0.2, -0.15) is 0 Å². The fourth-order valence-corrected chi connectivity index (χ4v) is 2.17. The van der Waals surface area contributed by atoms with E-state index >= 15 is 0 Å². The summed E-state index contributed by atoms with van der Waals surface area (Å²) in [6, 6.07) is 4.92. The van der Waals surface area contributed by atoms with Crippen molar-refractivity contribution in [1.82, 2.24) is 9.55 Å². The molecule has 0 N–H and O–H groups in total. The van der Waals surface area contributed by atoms with Crippen LogP contribution in [0.1, 0.15) is 29.5 Å². The van der Waals surface area contributed by atoms with E-state index in [0.29, 0.717) is 15.6 Å². The van der Waals surface area contributed by atoms with Crippen LogP contribution >= 0.6 is 23.2 Å². The Labute approximate surface area is 122 Å². The van der Waals surface area contributed by atoms with E-state index in [2.05, 4.69) is 11.9 Å². The zero-order valence-electron chi connectivity index (χ0n) is 10.6. The number of carbonyl (C=O) groups excluding carboxylic acids is 1. The molecule has 100 valence electrons. The SMILES string of the molecule is CCCn1ccnc1CC(=O)c1ccc(Cl)c(Cl)c1. The summed E-state index contributed by atoms with van der Waals surface area (Å²) in [5.41, 5.74) is 0.556. The predicted octanol–water partition coefficient (Wildman–Crippen LogP) is 4.03. The highest BCUT2D eigenvalue weighted by Gasteiger charge is 2.12. The minimum atomic E-state index is -0.0119. The molecule has 1 aromatic carbocycles. The summed E-state index contributed by atoms with van der Waals surface area (Å²) in [6.07, 6.45) is 4.88. The highest BCUT2D eigenvalue weighted by atomic mass is 35.5. The number of Topliss-reactive ketones (excluding diaryl/α,β-unsaturated/α-hetero) is 1. The van der Waals surface area contributed by atoms with E-state index in [9.17, 15) is 4.79 Å². The monoisotopic (exact) mass is 296 g/mol. The molecule has 2 rings (SSSR count). The van der Waals surface area contributed by atoms with Crippen molar-refractivity contribution in [3.8, 4) is 0 Å². The number of rotatable bonds is 5. The Morgan fingerprint density at radius 2 is 2.11 bits per heavy atom. The van der Waals surface area contributed by atoms with Gasteiger partial charge in [0.25, 0.3) is 0 Å². The maximum absolute atomic E-state index is 12.2. The molecular formula is C14H14Cl2N2O. The number of halogens is 2. The lowest BCUT2D eigenvalue weighted by atomic mass is 10.1. The van der Waals surface area contributed by atoms with Crippen molar-refractivity contribution in [3.63, 3.8) is 0 Å². The van der Waals surface area contributed by atoms with E-state index in [0.717, 1.165) is 18.8 Å². The quantitative estimate of drug-likeness (QED) is 0.781. The molecule has 5 heteroatoms. The molecule has 0 unspecified atom stereocenters. The summed E-state index contributed by atoms with van der Waals surface area (Å²) in [5.74, 6) is 0.764. The number of imidazole rings is 1. The van der Waals surface area contributed by atoms with Crippen LogP contribution in [0.4, 0.5) is 0 Å². The largest absolute Gasteiger partial charge is 0.335 e. The van der Waals surface area contributed by atoms with Crippen LogP contribution in [0, 0.1) is 0 Å². The molecule has 3 nitrogen and oxygen atoms in total. The molecule has 1 aromatic heterocycles. The van der Waals surface area contributed by atoms with Crippen LogP contribution in [-0.2, 0) is 13.0 Å². The van der Waals surface area contributed by atoms with Crippen molar-refractivity contribution in [2.75, 3.05) is 0 Å². The molecule has 19 heavy (non-hydrogen) atoms. The standard InChI is InChI=1S/C14H14Cl2N2O/c1-2-6-18-7-5-17-14(18)9-13(19)10-3-4-11(15)12(16)8-10/h3-5,7-8H,2,6,9H2,1H3. The van der Waals surface area contributed by atoms with Crippen molar-refractivity contribution in [1.29, 1.82) is 0 Å². The van der Waals surface area contributed by atoms with Gasteiger partial charge in [0, 0.05) is 24.5 Å². The Hall–Kier alpha value is -1.32. The van der Waals surface area contributed by atoms with E-state index in [4.69, 9.17) is 23.2 Å². The van der Waals surface area contributed by atoms with E-state index in [1.165, 1.54) is 0 Å². The molecule has 0 spiro atoms. The number of ketones is 1. The molecular weight excluding hydrogens is 283 g/mol. The van der Waals surface area contributed by atoms with Crippen LogP contribution in [0.5, 0.6) is 0 Å². The van der Waals surface area contributed by atoms with Gasteiger partial charge in [0.2, 0.25) is 0 Å². The van der Waals surface area contributed by atoms with Crippen LogP contribution in [0.3, 0.4) is 0 Å². The van der Waals surface area contributed by atoms with Crippen molar-refractivity contribution < 1.29 is 4.79 Å². The second-order valence-electron chi connectivity index (χ2n) is 4.27. The summed E-state index contributed by atoms with van der Waals surface area (Å²) in [5, 5.41) is 0.843. The second kappa shape index (κ2) is 6.22. The number of benzene rings is 1. The molecule has 0 saturated carbocycles. The van der Waals surface area contributed by atoms with Crippen LogP contribution in [-0.4, -0.2) is 15.3 Å². The highest BCUT2D eigenvalue weighted by Crippen LogP contribution is 2.23. The lowest BCUT2D eigenvalue weighted by molar-refractivity contribution is 0.0989. The summed E-state index contributed by atoms with van der Waals surface area (Å²) in [6.45, 7) is 2.95. The Bertz CT molecular complexity index is 593. The van der Waals surface area contributed by atoms with Crippen molar-refractivity contribution in [2.45, 2.75) is 26.3 Å². The van der Waals surface area contributed by atoms with E-state index in [1.807, 2.05) is 10.8 Å². The van der Waals surface area contributed by atoms with Crippen molar-refractivity contribution >= 4 is 29.0 Å². The first-order chi connectivity index (χ1) is 9.11. The van der Waals surface area contributed by atoms with Crippen molar-refractivity contribution in [3.05, 3.63) is 52.0 Å². The summed E-state index contributed by atoms with van der Waals surface area (Å²) < 4.78 is 2.00. The lowest BCUT2D eigenvalue weighted by Gasteiger charge is -2.06. The van der Waals surface area contributed by atoms with Gasteiger partial charge in [0.05, 0.1) is 16.5 Å². The van der Waals surface area contributed by atoms with Gasteiger partial charge >= 0.3 is 0 Å². The summed E-state index contributed by atoms with van der Waals surface area (Å²) in [7, 11) is 0. The average molecular weight is 297 g/mol. The van der Waals surface area contributed by atoms with E-state index in [-0.39, 0.29) is 12.2 Å². The molecule has 0 amide bonds. The van der Waals surface area contributed by atoms with Gasteiger partial charge in [-0.25, -0.2) is 4.98 Å². The van der Waals surface area contributed by atoms with E-state index < -0.39 is 0 Å². The van der Waals surface area contributed by atoms with E-state index in [1.54, 1.807) is 24.4 Å². The maximum Gasteiger partial charge on any atom is 0.170 e. The predicted molar refractivity (Wildman–Crippen MR) is 77.0 cm³/mol. The fraction of sp³-hybridized carbons (Fsp3) is 0.286. The first-order valence-corrected chi connectivity index (χ1v) is 6.85. The maximum atomic E-state index is 12.2. The van der Waals surface area contributed by atoms with Gasteiger partial charge in [-0.05, 0) is 24.6 Å². The minimum Gasteiger partial charge on any atom is -0.335 e. The molecule has 2 aromatic rings. The van der Waals surface area contributed by atoms with Crippen molar-refractivity contribution in [2.24, 2.45) is 0 Å². The number of hydrogen-bond donors (Lipinski definition) is 0. The smallest absolute Gasteiger partial charge is 0.170 e. The third kappa shape index (κ3) is 3.37. The van der Waals surface area contributed by atoms with Crippen LogP contribution < -0.4 is 0 Å². The third-order valence-electron chi connectivity index (χ3n) is 2.83. The van der Waals surface area contributed by atoms with Gasteiger partial charge in [0.15, 0.2) is 5.78 Å². The number of carbonyl (C=O) groups is 1. The Morgan fingerprint density at radius 3 is 2.79 bits per heavy atom. The fourth-order valence-electron chi connectivity index (χ4n) is 1.87. The average Bonchev–Trinajstić information content (AvgIpc) is 2.80. The first kappa shape index (κ1) is 14.1. The number of nitrogens with zero attached hydrogens (tertiary/aromatic N) is 2. The molecule has 0 radical (unpaired) electrons. The summed E-state index contributed by atoms with van der Waals surface area (Å²) in [4.78, 5) is 16.4. The molecule has 0 aliphatic heterocycles. The van der Waals surface area contributed by atoms with Gasteiger partial charge in [-0.15, -0.1) is 0 Å². The molecule has 0 aliphatic rings. The lowest BCUT2D eigenvalue weighted by Crippen LogP contribution is -2.10. The first-order valence-electron chi connectivity index (χ1n) is 6.10. The van der Waals surface area contributed by atoms with Gasteiger partial charge in [-0.1, -0.05) is 30.1 Å². The molecule has 0 aliphatic carbocycles. The Kier molecular flexibility index (Phi) is 4.61. The number of aryl methyl sites for hydroxylation is 1. The second-order valence-corrected chi connectivity index (χ2v) is 5.08. The Balaban J connectivity index is 2.16. The third-order valence-corrected chi connectivity index (χ3v) is 3.57. The minimum absolute atomic E-state index is 0.0119. The summed E-state index contributed by atoms with van der Waals surface area (Å²) >= 11 is 11.8. The molecule has 1 heterocycles. The number of hydrogen-bond acceptors (Lipinski definition) is 2. The van der Waals surface area contributed by atoms with Gasteiger partial charge in [0.1, 0.15) is 5.82 Å². The topological polar surface area (TPSA) is 34.9 Å². The highest BCUT2D eigenvalue weighted by molar-refractivity contribution is 6.42. The van der Waals surface area contributed by atoms with Crippen LogP contribution in [0.25, 0.3) is 0 Å². The Morgan fingerprint density at radius 1 is 1.32 bits per heavy atom. The molecule has 0 atom stereocenters. The molecule has 0 bridgehead atoms. The van der Waals surface area contributed by atoms with Gasteiger partial charge in [-0.3, -0.25) is 4.79 Å². The normalized spacial score (nSPS) is 10.7. The number of aromatic nitrogens is 2. The van der Waals surface area contributed by atoms with Gasteiger partial charge < -0.3 is 4.57 Å². The van der Waals surface area contributed by atoms with Crippen LogP contribution in [0.15, 0.2) is 30.6 Å². The molecule has 0 fully saturated rings. The molecule has 0 saturated heterocycles. The van der Waals surface area contributed by atoms with Crippen LogP contribution in [0.2, 0.25) is 10.0 Å².